The van der Waals surface area contributed by atoms with Crippen LogP contribution in [0.5, 0.6) is 5.75 Å². The summed E-state index contributed by atoms with van der Waals surface area (Å²) in [4.78, 5) is 75.0. The minimum absolute atomic E-state index is 0.142. The Labute approximate surface area is 204 Å². The van der Waals surface area contributed by atoms with Crippen LogP contribution in [-0.4, -0.2) is 51.3 Å². The molecule has 36 heavy (non-hydrogen) atoms. The van der Waals surface area contributed by atoms with E-state index < -0.39 is 59.6 Å². The van der Waals surface area contributed by atoms with Crippen LogP contribution in [0.4, 0.5) is 5.69 Å². The molecule has 11 nitrogen and oxygen atoms in total. The highest BCUT2D eigenvalue weighted by Gasteiger charge is 2.69. The number of esters is 1. The average Bonchev–Trinajstić information content (AvgIpc) is 3.28. The molecular formula is C25H22N2O9. The molecule has 2 aromatic carbocycles. The van der Waals surface area contributed by atoms with E-state index in [-0.39, 0.29) is 17.2 Å². The zero-order valence-electron chi connectivity index (χ0n) is 19.3. The number of ether oxygens (including phenoxy) is 1. The number of Topliss-reactive ketones (excluding diaryl/α,β-unsaturated/α-hetero) is 1. The Morgan fingerprint density at radius 1 is 0.944 bits per heavy atom. The monoisotopic (exact) mass is 494 g/mol. The zero-order valence-corrected chi connectivity index (χ0v) is 19.3. The number of anilines is 1. The molecule has 4 atom stereocenters. The normalized spacial score (nSPS) is 24.9. The molecule has 0 saturated carbocycles. The summed E-state index contributed by atoms with van der Waals surface area (Å²) in [6, 6.07) is 10.6. The van der Waals surface area contributed by atoms with Gasteiger partial charge >= 0.3 is 17.9 Å². The second-order valence-corrected chi connectivity index (χ2v) is 8.75. The number of benzene rings is 2. The van der Waals surface area contributed by atoms with E-state index in [0.29, 0.717) is 11.1 Å². The number of carboxylic acids is 2. The second kappa shape index (κ2) is 9.00. The summed E-state index contributed by atoms with van der Waals surface area (Å²) in [6.45, 7) is 2.59. The van der Waals surface area contributed by atoms with Gasteiger partial charge in [0.1, 0.15) is 11.3 Å². The maximum absolute atomic E-state index is 13.6. The predicted molar refractivity (Wildman–Crippen MR) is 122 cm³/mol. The Hall–Kier alpha value is -4.38. The Morgan fingerprint density at radius 3 is 2.06 bits per heavy atom. The van der Waals surface area contributed by atoms with Crippen LogP contribution < -0.4 is 15.0 Å². The van der Waals surface area contributed by atoms with Crippen molar-refractivity contribution in [2.24, 2.45) is 11.8 Å². The van der Waals surface area contributed by atoms with Gasteiger partial charge in [0.25, 0.3) is 0 Å². The molecule has 0 aliphatic carbocycles. The number of carbonyl (C=O) groups is 6. The van der Waals surface area contributed by atoms with Crippen LogP contribution >= 0.6 is 0 Å². The number of imide groups is 1. The first-order valence-corrected chi connectivity index (χ1v) is 11.0. The second-order valence-electron chi connectivity index (χ2n) is 8.75. The van der Waals surface area contributed by atoms with Crippen molar-refractivity contribution < 1.29 is 43.7 Å². The molecular weight excluding hydrogens is 472 g/mol. The Morgan fingerprint density at radius 2 is 1.56 bits per heavy atom. The van der Waals surface area contributed by atoms with Gasteiger partial charge in [-0.05, 0) is 48.9 Å². The van der Waals surface area contributed by atoms with Gasteiger partial charge in [-0.1, -0.05) is 12.1 Å². The van der Waals surface area contributed by atoms with Gasteiger partial charge in [0.2, 0.25) is 11.8 Å². The van der Waals surface area contributed by atoms with Gasteiger partial charge in [-0.2, -0.15) is 0 Å². The minimum Gasteiger partial charge on any atom is -0.481 e. The molecule has 2 aliphatic heterocycles. The third-order valence-corrected chi connectivity index (χ3v) is 6.50. The highest BCUT2D eigenvalue weighted by atomic mass is 16.5. The first-order chi connectivity index (χ1) is 17.0. The van der Waals surface area contributed by atoms with Gasteiger partial charge in [0.05, 0.1) is 23.9 Å². The van der Waals surface area contributed by atoms with Gasteiger partial charge in [-0.15, -0.1) is 0 Å². The van der Waals surface area contributed by atoms with Crippen molar-refractivity contribution in [3.63, 3.8) is 0 Å². The number of nitrogens with zero attached hydrogens (tertiary/aromatic N) is 1. The van der Waals surface area contributed by atoms with Crippen molar-refractivity contribution in [3.8, 4) is 5.75 Å². The quantitative estimate of drug-likeness (QED) is 0.222. The van der Waals surface area contributed by atoms with Crippen LogP contribution in [-0.2, 0) is 24.0 Å². The molecule has 2 heterocycles. The molecule has 2 amide bonds. The maximum Gasteiger partial charge on any atom is 0.325 e. The zero-order chi connectivity index (χ0) is 26.4. The van der Waals surface area contributed by atoms with Crippen LogP contribution in [0.3, 0.4) is 0 Å². The van der Waals surface area contributed by atoms with Crippen LogP contribution in [0.15, 0.2) is 48.5 Å². The van der Waals surface area contributed by atoms with Gasteiger partial charge in [-0.3, -0.25) is 34.1 Å². The molecule has 11 heteroatoms. The number of aliphatic carboxylic acids is 2. The highest BCUT2D eigenvalue weighted by molar-refractivity contribution is 6.24. The molecule has 2 aliphatic rings. The van der Waals surface area contributed by atoms with Crippen molar-refractivity contribution in [3.05, 3.63) is 59.7 Å². The van der Waals surface area contributed by atoms with Gasteiger partial charge in [0.15, 0.2) is 5.78 Å². The molecule has 3 N–H and O–H groups in total. The molecule has 0 radical (unpaired) electrons. The van der Waals surface area contributed by atoms with Crippen molar-refractivity contribution in [2.45, 2.75) is 31.8 Å². The molecule has 186 valence electrons. The first kappa shape index (κ1) is 24.7. The van der Waals surface area contributed by atoms with E-state index in [4.69, 9.17) is 4.74 Å². The number of nitrogens with one attached hydrogen (secondary N) is 1. The molecule has 0 bridgehead atoms. The van der Waals surface area contributed by atoms with Crippen LogP contribution in [0.25, 0.3) is 0 Å². The molecule has 0 aromatic heterocycles. The topological polar surface area (TPSA) is 167 Å². The van der Waals surface area contributed by atoms with E-state index in [9.17, 15) is 39.0 Å². The minimum atomic E-state index is -2.25. The van der Waals surface area contributed by atoms with Crippen molar-refractivity contribution in [1.82, 2.24) is 5.32 Å². The SMILES string of the molecule is CC(=O)Oc1ccc(C2NC(CC(=O)O)(C(=O)O)C3C(=O)N(c4ccc(C(C)=O)cc4)C(=O)C23)cc1. The van der Waals surface area contributed by atoms with E-state index in [1.807, 2.05) is 0 Å². The maximum atomic E-state index is 13.6. The molecule has 2 fully saturated rings. The third-order valence-electron chi connectivity index (χ3n) is 6.50. The van der Waals surface area contributed by atoms with Crippen molar-refractivity contribution in [2.75, 3.05) is 4.90 Å². The molecule has 2 saturated heterocycles. The first-order valence-electron chi connectivity index (χ1n) is 11.0. The summed E-state index contributed by atoms with van der Waals surface area (Å²) in [5, 5.41) is 22.4. The number of carboxylic acid groups (broad SMARTS) is 2. The fraction of sp³-hybridized carbons (Fsp3) is 0.280. The Balaban J connectivity index is 1.80. The van der Waals surface area contributed by atoms with Crippen LogP contribution in [0.1, 0.15) is 42.2 Å². The molecule has 0 spiro atoms. The lowest BCUT2D eigenvalue weighted by atomic mass is 9.77. The van der Waals surface area contributed by atoms with E-state index >= 15 is 0 Å². The summed E-state index contributed by atoms with van der Waals surface area (Å²) in [6.07, 6.45) is -0.943. The number of rotatable bonds is 7. The van der Waals surface area contributed by atoms with Gasteiger partial charge in [0, 0.05) is 18.5 Å². The Bertz CT molecular complexity index is 1290. The number of fused-ring (bicyclic) bond motifs is 1. The van der Waals surface area contributed by atoms with E-state index in [2.05, 4.69) is 5.32 Å². The number of hydrogen-bond donors (Lipinski definition) is 3. The van der Waals surface area contributed by atoms with Crippen LogP contribution in [0, 0.1) is 11.8 Å². The van der Waals surface area contributed by atoms with E-state index in [1.165, 1.54) is 62.4 Å². The van der Waals surface area contributed by atoms with Gasteiger partial charge < -0.3 is 14.9 Å². The molecule has 4 unspecified atom stereocenters. The predicted octanol–water partition coefficient (Wildman–Crippen LogP) is 1.56. The van der Waals surface area contributed by atoms with E-state index in [1.54, 1.807) is 0 Å². The average molecular weight is 494 g/mol. The lowest BCUT2D eigenvalue weighted by Gasteiger charge is -2.29. The summed E-state index contributed by atoms with van der Waals surface area (Å²) < 4.78 is 5.01. The van der Waals surface area contributed by atoms with Crippen molar-refractivity contribution >= 4 is 41.2 Å². The van der Waals surface area contributed by atoms with Gasteiger partial charge in [-0.25, -0.2) is 4.90 Å². The summed E-state index contributed by atoms with van der Waals surface area (Å²) >= 11 is 0. The summed E-state index contributed by atoms with van der Waals surface area (Å²) in [5.74, 6) is -7.86. The van der Waals surface area contributed by atoms with Crippen LogP contribution in [0.2, 0.25) is 0 Å². The third kappa shape index (κ3) is 4.03. The molecule has 4 rings (SSSR count). The van der Waals surface area contributed by atoms with Crippen molar-refractivity contribution in [1.29, 1.82) is 0 Å². The van der Waals surface area contributed by atoms with E-state index in [0.717, 1.165) is 4.90 Å². The smallest absolute Gasteiger partial charge is 0.325 e. The largest absolute Gasteiger partial charge is 0.481 e. The number of carbonyl (C=O) groups excluding carboxylic acids is 4. The summed E-state index contributed by atoms with van der Waals surface area (Å²) in [5.41, 5.74) is -1.35. The lowest BCUT2D eigenvalue weighted by molar-refractivity contribution is -0.154. The number of ketones is 1. The molecule has 2 aromatic rings. The lowest BCUT2D eigenvalue weighted by Crippen LogP contribution is -2.57. The number of hydrogen-bond acceptors (Lipinski definition) is 8. The Kier molecular flexibility index (Phi) is 6.19. The summed E-state index contributed by atoms with van der Waals surface area (Å²) in [7, 11) is 0. The fourth-order valence-electron chi connectivity index (χ4n) is 4.97. The standard InChI is InChI=1S/C25H22N2O9/c1-12(28)14-3-7-16(8-4-14)27-22(32)19-20(23(27)33)25(24(34)35,11-18(30)31)26-21(19)15-5-9-17(10-6-15)36-13(2)29/h3-10,19-21,26H,11H2,1-2H3,(H,30,31)(H,34,35). The fourth-order valence-corrected chi connectivity index (χ4v) is 4.97. The number of amides is 2. The highest BCUT2D eigenvalue weighted by Crippen LogP contribution is 2.51.